The van der Waals surface area contributed by atoms with Crippen LogP contribution in [0.3, 0.4) is 0 Å². The maximum Gasteiger partial charge on any atom is 0.214 e. The number of nitrogens with zero attached hydrogens (tertiary/aromatic N) is 2. The Balaban J connectivity index is 1.92. The number of hydrogen-bond acceptors (Lipinski definition) is 4. The van der Waals surface area contributed by atoms with Crippen molar-refractivity contribution in [2.45, 2.75) is 24.6 Å². The summed E-state index contributed by atoms with van der Waals surface area (Å²) < 4.78 is 28.3. The fourth-order valence-electron chi connectivity index (χ4n) is 1.97. The molecule has 1 aliphatic heterocycles. The lowest BCUT2D eigenvalue weighted by atomic mass is 10.2. The molecule has 2 heterocycles. The largest absolute Gasteiger partial charge is 0.317 e. The van der Waals surface area contributed by atoms with E-state index in [2.05, 4.69) is 15.1 Å². The molecule has 1 saturated heterocycles. The fraction of sp³-hybridized carbons (Fsp3) is 0.700. The van der Waals surface area contributed by atoms with E-state index >= 15 is 0 Å². The zero-order valence-electron chi connectivity index (χ0n) is 9.89. The van der Waals surface area contributed by atoms with Crippen LogP contribution in [0.1, 0.15) is 18.4 Å². The Bertz CT molecular complexity index is 462. The molecule has 96 valence electrons. The first kappa shape index (κ1) is 12.5. The quantitative estimate of drug-likeness (QED) is 0.770. The summed E-state index contributed by atoms with van der Waals surface area (Å²) in [7, 11) is -1.39. The molecule has 2 rings (SSSR count). The van der Waals surface area contributed by atoms with Crippen LogP contribution in [0, 0.1) is 0 Å². The van der Waals surface area contributed by atoms with Gasteiger partial charge in [0.25, 0.3) is 0 Å². The molecular weight excluding hydrogens is 240 g/mol. The molecule has 0 aromatic carbocycles. The second-order valence-electron chi connectivity index (χ2n) is 4.34. The highest BCUT2D eigenvalue weighted by Gasteiger charge is 2.26. The minimum atomic E-state index is -3.20. The predicted octanol–water partition coefficient (Wildman–Crippen LogP) is -0.408. The van der Waals surface area contributed by atoms with Crippen molar-refractivity contribution in [1.29, 1.82) is 0 Å². The highest BCUT2D eigenvalue weighted by atomic mass is 32.2. The molecule has 1 aromatic heterocycles. The molecule has 7 heteroatoms. The molecule has 2 N–H and O–H groups in total. The number of nitrogens with one attached hydrogen (secondary N) is 2. The van der Waals surface area contributed by atoms with Gasteiger partial charge in [0, 0.05) is 25.4 Å². The zero-order chi connectivity index (χ0) is 12.3. The summed E-state index contributed by atoms with van der Waals surface area (Å²) in [4.78, 5) is 0. The van der Waals surface area contributed by atoms with Crippen LogP contribution in [0.15, 0.2) is 12.4 Å². The second kappa shape index (κ2) is 5.16. The van der Waals surface area contributed by atoms with Gasteiger partial charge in [0.15, 0.2) is 0 Å². The molecular formula is C10H18N4O2S. The van der Waals surface area contributed by atoms with Crippen LogP contribution in [0.4, 0.5) is 0 Å². The SMILES string of the molecule is Cn1cc(CNS(=O)(=O)C2CCNCC2)cn1. The summed E-state index contributed by atoms with van der Waals surface area (Å²) >= 11 is 0. The van der Waals surface area contributed by atoms with E-state index in [1.807, 2.05) is 13.2 Å². The molecule has 0 spiro atoms. The molecule has 0 saturated carbocycles. The third-order valence-corrected chi connectivity index (χ3v) is 4.86. The molecule has 17 heavy (non-hydrogen) atoms. The lowest BCUT2D eigenvalue weighted by Crippen LogP contribution is -2.41. The third kappa shape index (κ3) is 3.27. The van der Waals surface area contributed by atoms with Crippen molar-refractivity contribution in [3.8, 4) is 0 Å². The van der Waals surface area contributed by atoms with Gasteiger partial charge in [-0.2, -0.15) is 5.10 Å². The van der Waals surface area contributed by atoms with Gasteiger partial charge in [0.2, 0.25) is 10.0 Å². The minimum Gasteiger partial charge on any atom is -0.317 e. The molecule has 0 radical (unpaired) electrons. The normalized spacial score (nSPS) is 18.4. The van der Waals surface area contributed by atoms with Crippen LogP contribution in [0.2, 0.25) is 0 Å². The number of piperidine rings is 1. The first-order valence-electron chi connectivity index (χ1n) is 5.74. The molecule has 1 aromatic rings. The molecule has 0 amide bonds. The average Bonchev–Trinajstić information content (AvgIpc) is 2.74. The monoisotopic (exact) mass is 258 g/mol. The van der Waals surface area contributed by atoms with Gasteiger partial charge in [0.1, 0.15) is 0 Å². The lowest BCUT2D eigenvalue weighted by Gasteiger charge is -2.22. The predicted molar refractivity (Wildman–Crippen MR) is 64.9 cm³/mol. The Morgan fingerprint density at radius 3 is 2.82 bits per heavy atom. The minimum absolute atomic E-state index is 0.263. The topological polar surface area (TPSA) is 76.0 Å². The van der Waals surface area contributed by atoms with Crippen LogP contribution >= 0.6 is 0 Å². The molecule has 0 aliphatic carbocycles. The van der Waals surface area contributed by atoms with E-state index in [0.717, 1.165) is 18.7 Å². The number of aryl methyl sites for hydroxylation is 1. The van der Waals surface area contributed by atoms with Crippen molar-refractivity contribution >= 4 is 10.0 Å². The van der Waals surface area contributed by atoms with E-state index in [1.54, 1.807) is 10.9 Å². The first-order chi connectivity index (χ1) is 8.08. The summed E-state index contributed by atoms with van der Waals surface area (Å²) in [5.74, 6) is 0. The summed E-state index contributed by atoms with van der Waals surface area (Å²) in [5.41, 5.74) is 0.880. The molecule has 6 nitrogen and oxygen atoms in total. The maximum atomic E-state index is 12.0. The number of rotatable bonds is 4. The van der Waals surface area contributed by atoms with E-state index in [9.17, 15) is 8.42 Å². The molecule has 0 unspecified atom stereocenters. The van der Waals surface area contributed by atoms with Crippen molar-refractivity contribution < 1.29 is 8.42 Å². The third-order valence-electron chi connectivity index (χ3n) is 2.96. The van der Waals surface area contributed by atoms with Crippen molar-refractivity contribution in [1.82, 2.24) is 19.8 Å². The smallest absolute Gasteiger partial charge is 0.214 e. The summed E-state index contributed by atoms with van der Waals surface area (Å²) in [6, 6.07) is 0. The van der Waals surface area contributed by atoms with Crippen LogP contribution < -0.4 is 10.0 Å². The molecule has 1 fully saturated rings. The Morgan fingerprint density at radius 2 is 2.24 bits per heavy atom. The van der Waals surface area contributed by atoms with Gasteiger partial charge in [-0.25, -0.2) is 13.1 Å². The van der Waals surface area contributed by atoms with Gasteiger partial charge in [-0.15, -0.1) is 0 Å². The fourth-order valence-corrected chi connectivity index (χ4v) is 3.43. The second-order valence-corrected chi connectivity index (χ2v) is 6.38. The maximum absolute atomic E-state index is 12.0. The molecule has 1 aliphatic rings. The van der Waals surface area contributed by atoms with Gasteiger partial charge < -0.3 is 5.32 Å². The van der Waals surface area contributed by atoms with E-state index in [1.165, 1.54) is 0 Å². The lowest BCUT2D eigenvalue weighted by molar-refractivity contribution is 0.489. The van der Waals surface area contributed by atoms with Crippen LogP contribution in [-0.2, 0) is 23.6 Å². The highest BCUT2D eigenvalue weighted by molar-refractivity contribution is 7.90. The molecule has 0 atom stereocenters. The van der Waals surface area contributed by atoms with Gasteiger partial charge in [-0.3, -0.25) is 4.68 Å². The van der Waals surface area contributed by atoms with Gasteiger partial charge in [-0.1, -0.05) is 0 Å². The Morgan fingerprint density at radius 1 is 1.53 bits per heavy atom. The Labute approximate surface area is 101 Å². The van der Waals surface area contributed by atoms with Crippen LogP contribution in [0.5, 0.6) is 0 Å². The summed E-state index contributed by atoms with van der Waals surface area (Å²) in [5, 5.41) is 6.90. The first-order valence-corrected chi connectivity index (χ1v) is 7.29. The van der Waals surface area contributed by atoms with E-state index < -0.39 is 10.0 Å². The number of aromatic nitrogens is 2. The van der Waals surface area contributed by atoms with Crippen molar-refractivity contribution in [2.24, 2.45) is 7.05 Å². The number of sulfonamides is 1. The van der Waals surface area contributed by atoms with Crippen molar-refractivity contribution in [3.63, 3.8) is 0 Å². The van der Waals surface area contributed by atoms with E-state index in [0.29, 0.717) is 19.4 Å². The van der Waals surface area contributed by atoms with Crippen LogP contribution in [-0.4, -0.2) is 36.5 Å². The van der Waals surface area contributed by atoms with Gasteiger partial charge >= 0.3 is 0 Å². The zero-order valence-corrected chi connectivity index (χ0v) is 10.7. The van der Waals surface area contributed by atoms with Crippen LogP contribution in [0.25, 0.3) is 0 Å². The average molecular weight is 258 g/mol. The van der Waals surface area contributed by atoms with Gasteiger partial charge in [-0.05, 0) is 25.9 Å². The van der Waals surface area contributed by atoms with Crippen molar-refractivity contribution in [2.75, 3.05) is 13.1 Å². The van der Waals surface area contributed by atoms with E-state index in [-0.39, 0.29) is 5.25 Å². The Kier molecular flexibility index (Phi) is 3.80. The summed E-state index contributed by atoms with van der Waals surface area (Å²) in [6.07, 6.45) is 4.85. The summed E-state index contributed by atoms with van der Waals surface area (Å²) in [6.45, 7) is 1.87. The number of hydrogen-bond donors (Lipinski definition) is 2. The van der Waals surface area contributed by atoms with Gasteiger partial charge in [0.05, 0.1) is 11.4 Å². The Hall–Kier alpha value is -0.920. The van der Waals surface area contributed by atoms with E-state index in [4.69, 9.17) is 0 Å². The molecule has 0 bridgehead atoms. The van der Waals surface area contributed by atoms with Crippen molar-refractivity contribution in [3.05, 3.63) is 18.0 Å². The standard InChI is InChI=1S/C10H18N4O2S/c1-14-8-9(6-12-14)7-13-17(15,16)10-2-4-11-5-3-10/h6,8,10-11,13H,2-5,7H2,1H3. The highest BCUT2D eigenvalue weighted by Crippen LogP contribution is 2.12.